The van der Waals surface area contributed by atoms with Gasteiger partial charge >= 0.3 is 0 Å². The van der Waals surface area contributed by atoms with Gasteiger partial charge in [-0.2, -0.15) is 16.4 Å². The van der Waals surface area contributed by atoms with Crippen molar-refractivity contribution in [3.05, 3.63) is 59.7 Å². The first-order valence-electron chi connectivity index (χ1n) is 12.4. The first kappa shape index (κ1) is 22.1. The second-order valence-corrected chi connectivity index (χ2v) is 9.90. The molecule has 0 bridgehead atoms. The van der Waals surface area contributed by atoms with Gasteiger partial charge in [0.2, 0.25) is 0 Å². The van der Waals surface area contributed by atoms with Crippen LogP contribution >= 0.6 is 11.3 Å². The molecule has 1 aliphatic rings. The Labute approximate surface area is 216 Å². The molecule has 0 spiro atoms. The second-order valence-electron chi connectivity index (χ2n) is 9.12. The van der Waals surface area contributed by atoms with Gasteiger partial charge in [0.05, 0.1) is 28.6 Å². The number of aromatic amines is 2. The van der Waals surface area contributed by atoms with Gasteiger partial charge in [-0.3, -0.25) is 20.0 Å². The van der Waals surface area contributed by atoms with Crippen molar-refractivity contribution in [1.29, 1.82) is 0 Å². The van der Waals surface area contributed by atoms with Gasteiger partial charge in [0, 0.05) is 35.4 Å². The third-order valence-electron chi connectivity index (χ3n) is 6.71. The smallest absolute Gasteiger partial charge is 0.161 e. The number of thiophene rings is 1. The molecule has 2 N–H and O–H groups in total. The predicted molar refractivity (Wildman–Crippen MR) is 144 cm³/mol. The van der Waals surface area contributed by atoms with E-state index in [2.05, 4.69) is 41.5 Å². The van der Waals surface area contributed by atoms with E-state index in [4.69, 9.17) is 14.7 Å². The van der Waals surface area contributed by atoms with Crippen LogP contribution in [-0.2, 0) is 0 Å². The number of nitrogens with zero attached hydrogens (tertiary/aromatic N) is 6. The van der Waals surface area contributed by atoms with E-state index in [9.17, 15) is 0 Å². The summed E-state index contributed by atoms with van der Waals surface area (Å²) in [6, 6.07) is 9.92. The summed E-state index contributed by atoms with van der Waals surface area (Å²) in [5.74, 6) is 1.39. The SMILES string of the molecule is c1cc2[nH]c(-c3n[nH]c4ccc(-c5cncc(OCCN6CCCC6)c5)nc34)nc2c(-c2ccsc2)n1. The van der Waals surface area contributed by atoms with Crippen LogP contribution in [0.1, 0.15) is 12.8 Å². The second kappa shape index (κ2) is 9.38. The summed E-state index contributed by atoms with van der Waals surface area (Å²) < 4.78 is 6.00. The molecule has 37 heavy (non-hydrogen) atoms. The maximum Gasteiger partial charge on any atom is 0.161 e. The zero-order valence-electron chi connectivity index (χ0n) is 20.0. The molecule has 0 aromatic carbocycles. The van der Waals surface area contributed by atoms with Crippen molar-refractivity contribution in [2.45, 2.75) is 12.8 Å². The Morgan fingerprint density at radius 2 is 1.86 bits per heavy atom. The number of pyridine rings is 3. The Morgan fingerprint density at radius 3 is 2.76 bits per heavy atom. The molecule has 6 aromatic heterocycles. The minimum atomic E-state index is 0.646. The summed E-state index contributed by atoms with van der Waals surface area (Å²) in [4.78, 5) is 24.6. The molecule has 1 aliphatic heterocycles. The summed E-state index contributed by atoms with van der Waals surface area (Å²) in [5, 5.41) is 11.7. The van der Waals surface area contributed by atoms with Crippen LogP contribution in [0.3, 0.4) is 0 Å². The minimum Gasteiger partial charge on any atom is -0.491 e. The molecular weight excluding hydrogens is 484 g/mol. The number of imidazole rings is 1. The lowest BCUT2D eigenvalue weighted by atomic mass is 10.1. The molecule has 10 heteroatoms. The molecule has 184 valence electrons. The molecule has 0 aliphatic carbocycles. The van der Waals surface area contributed by atoms with Crippen molar-refractivity contribution in [3.8, 4) is 39.8 Å². The van der Waals surface area contributed by atoms with Gasteiger partial charge in [0.25, 0.3) is 0 Å². The summed E-state index contributed by atoms with van der Waals surface area (Å²) in [6.07, 6.45) is 7.91. The standard InChI is InChI=1S/C27H24N8OS/c1-2-9-35(8-1)10-11-36-19-13-18(14-28-15-19)20-3-4-22-25(30-20)26(34-33-22)27-31-21-5-7-29-23(24(21)32-27)17-6-12-37-16-17/h3-7,12-16H,1-2,8-11H2,(H,31,32)(H,33,34). The lowest BCUT2D eigenvalue weighted by Gasteiger charge is -2.15. The number of likely N-dealkylation sites (tertiary alicyclic amines) is 1. The summed E-state index contributed by atoms with van der Waals surface area (Å²) >= 11 is 1.64. The number of hydrogen-bond donors (Lipinski definition) is 2. The molecule has 1 saturated heterocycles. The average Bonchev–Trinajstić information content (AvgIpc) is 3.74. The fourth-order valence-corrected chi connectivity index (χ4v) is 5.46. The molecule has 6 aromatic rings. The molecule has 0 unspecified atom stereocenters. The van der Waals surface area contributed by atoms with E-state index in [0.717, 1.165) is 70.0 Å². The largest absolute Gasteiger partial charge is 0.491 e. The Hall–Kier alpha value is -4.15. The molecule has 0 radical (unpaired) electrons. The lowest BCUT2D eigenvalue weighted by molar-refractivity contribution is 0.237. The Kier molecular flexibility index (Phi) is 5.60. The van der Waals surface area contributed by atoms with Gasteiger partial charge in [-0.25, -0.2) is 9.97 Å². The summed E-state index contributed by atoms with van der Waals surface area (Å²) in [5.41, 5.74) is 7.54. The van der Waals surface area contributed by atoms with Crippen LogP contribution in [0.4, 0.5) is 0 Å². The lowest BCUT2D eigenvalue weighted by Crippen LogP contribution is -2.25. The Morgan fingerprint density at radius 1 is 0.946 bits per heavy atom. The number of aromatic nitrogens is 7. The number of H-pyrrole nitrogens is 2. The van der Waals surface area contributed by atoms with Gasteiger partial charge < -0.3 is 9.72 Å². The molecule has 0 amide bonds. The molecular formula is C27H24N8OS. The first-order chi connectivity index (χ1) is 18.3. The number of ether oxygens (including phenoxy) is 1. The zero-order valence-corrected chi connectivity index (χ0v) is 20.8. The predicted octanol–water partition coefficient (Wildman–Crippen LogP) is 5.16. The highest BCUT2D eigenvalue weighted by molar-refractivity contribution is 7.08. The van der Waals surface area contributed by atoms with E-state index in [1.54, 1.807) is 29.9 Å². The van der Waals surface area contributed by atoms with Gasteiger partial charge in [0.1, 0.15) is 23.4 Å². The Balaban J connectivity index is 1.20. The van der Waals surface area contributed by atoms with Gasteiger partial charge in [-0.15, -0.1) is 0 Å². The van der Waals surface area contributed by atoms with Crippen LogP contribution in [0.5, 0.6) is 5.75 Å². The van der Waals surface area contributed by atoms with E-state index >= 15 is 0 Å². The monoisotopic (exact) mass is 508 g/mol. The number of fused-ring (bicyclic) bond motifs is 2. The molecule has 0 saturated carbocycles. The highest BCUT2D eigenvalue weighted by Gasteiger charge is 2.18. The maximum atomic E-state index is 6.00. The normalized spacial score (nSPS) is 14.2. The zero-order chi connectivity index (χ0) is 24.6. The van der Waals surface area contributed by atoms with Crippen molar-refractivity contribution in [3.63, 3.8) is 0 Å². The summed E-state index contributed by atoms with van der Waals surface area (Å²) in [7, 11) is 0. The van der Waals surface area contributed by atoms with Gasteiger partial charge in [-0.1, -0.05) is 0 Å². The third-order valence-corrected chi connectivity index (χ3v) is 7.39. The number of rotatable bonds is 7. The molecule has 7 rings (SSSR count). The molecule has 0 atom stereocenters. The van der Waals surface area contributed by atoms with Crippen molar-refractivity contribution < 1.29 is 4.74 Å². The van der Waals surface area contributed by atoms with Crippen LogP contribution in [0, 0.1) is 0 Å². The van der Waals surface area contributed by atoms with Crippen molar-refractivity contribution in [2.75, 3.05) is 26.2 Å². The quantitative estimate of drug-likeness (QED) is 0.307. The fraction of sp³-hybridized carbons (Fsp3) is 0.222. The van der Waals surface area contributed by atoms with Crippen molar-refractivity contribution >= 4 is 33.4 Å². The molecule has 1 fully saturated rings. The summed E-state index contributed by atoms with van der Waals surface area (Å²) in [6.45, 7) is 3.91. The van der Waals surface area contributed by atoms with Crippen molar-refractivity contribution in [2.24, 2.45) is 0 Å². The van der Waals surface area contributed by atoms with E-state index in [0.29, 0.717) is 18.1 Å². The van der Waals surface area contributed by atoms with Gasteiger partial charge in [0.15, 0.2) is 11.5 Å². The van der Waals surface area contributed by atoms with Gasteiger partial charge in [-0.05, 0) is 61.6 Å². The van der Waals surface area contributed by atoms with Crippen LogP contribution in [0.2, 0.25) is 0 Å². The van der Waals surface area contributed by atoms with E-state index in [1.807, 2.05) is 29.6 Å². The topological polar surface area (TPSA) is 108 Å². The minimum absolute atomic E-state index is 0.646. The van der Waals surface area contributed by atoms with Crippen LogP contribution in [-0.4, -0.2) is 66.3 Å². The van der Waals surface area contributed by atoms with Crippen LogP contribution in [0.15, 0.2) is 59.7 Å². The highest BCUT2D eigenvalue weighted by Crippen LogP contribution is 2.31. The number of nitrogens with one attached hydrogen (secondary N) is 2. The van der Waals surface area contributed by atoms with E-state index in [-0.39, 0.29) is 0 Å². The maximum absolute atomic E-state index is 6.00. The molecule has 7 heterocycles. The van der Waals surface area contributed by atoms with Crippen LogP contribution in [0.25, 0.3) is 56.1 Å². The van der Waals surface area contributed by atoms with E-state index < -0.39 is 0 Å². The highest BCUT2D eigenvalue weighted by atomic mass is 32.1. The fourth-order valence-electron chi connectivity index (χ4n) is 4.82. The van der Waals surface area contributed by atoms with E-state index in [1.165, 1.54) is 12.8 Å². The van der Waals surface area contributed by atoms with Crippen molar-refractivity contribution in [1.82, 2.24) is 40.0 Å². The average molecular weight is 509 g/mol. The number of hydrogen-bond acceptors (Lipinski definition) is 8. The Bertz CT molecular complexity index is 1680. The van der Waals surface area contributed by atoms with Crippen LogP contribution < -0.4 is 4.74 Å². The third kappa shape index (κ3) is 4.24. The molecule has 9 nitrogen and oxygen atoms in total. The first-order valence-corrected chi connectivity index (χ1v) is 13.3.